The number of carbonyl (C=O) groups is 2. The Kier molecular flexibility index (Phi) is 6.98. The first-order valence-electron chi connectivity index (χ1n) is 10.5. The molecular formula is C24H31N3O3. The Labute approximate surface area is 178 Å². The van der Waals surface area contributed by atoms with E-state index < -0.39 is 5.41 Å². The molecule has 0 aliphatic carbocycles. The third kappa shape index (κ3) is 5.32. The normalized spacial score (nSPS) is 18.6. The molecule has 0 bridgehead atoms. The summed E-state index contributed by atoms with van der Waals surface area (Å²) in [5, 5.41) is 5.99. The Morgan fingerprint density at radius 2 is 1.87 bits per heavy atom. The van der Waals surface area contributed by atoms with Crippen molar-refractivity contribution in [1.82, 2.24) is 10.2 Å². The molecule has 3 rings (SSSR count). The second-order valence-electron chi connectivity index (χ2n) is 8.08. The van der Waals surface area contributed by atoms with Crippen LogP contribution in [0.25, 0.3) is 0 Å². The maximum atomic E-state index is 12.9. The van der Waals surface area contributed by atoms with Crippen molar-refractivity contribution in [1.29, 1.82) is 0 Å². The largest absolute Gasteiger partial charge is 0.494 e. The van der Waals surface area contributed by atoms with E-state index in [9.17, 15) is 9.59 Å². The fourth-order valence-electron chi connectivity index (χ4n) is 3.80. The fourth-order valence-corrected chi connectivity index (χ4v) is 3.80. The molecule has 30 heavy (non-hydrogen) atoms. The number of ether oxygens (including phenoxy) is 1. The molecule has 0 radical (unpaired) electrons. The molecular weight excluding hydrogens is 378 g/mol. The summed E-state index contributed by atoms with van der Waals surface area (Å²) in [6.07, 6.45) is 1.56. The number of piperidine rings is 1. The summed E-state index contributed by atoms with van der Waals surface area (Å²) in [5.74, 6) is 0.760. The van der Waals surface area contributed by atoms with Crippen LogP contribution in [0.2, 0.25) is 0 Å². The molecule has 0 unspecified atom stereocenters. The molecule has 1 aliphatic heterocycles. The number of benzene rings is 2. The zero-order chi connectivity index (χ0) is 21.6. The van der Waals surface area contributed by atoms with Crippen LogP contribution in [0, 0.1) is 12.3 Å². The fraction of sp³-hybridized carbons (Fsp3) is 0.417. The summed E-state index contributed by atoms with van der Waals surface area (Å²) in [5.41, 5.74) is 2.37. The number of amides is 3. The molecule has 6 heteroatoms. The summed E-state index contributed by atoms with van der Waals surface area (Å²) in [7, 11) is 0. The molecule has 0 aromatic heterocycles. The SMILES string of the molecule is CCOc1ccc(NC(=O)N2CCC[C@](C)(C(=O)NCc3ccccc3C)C2)cc1. The average molecular weight is 410 g/mol. The number of nitrogens with zero attached hydrogens (tertiary/aromatic N) is 1. The van der Waals surface area contributed by atoms with Gasteiger partial charge in [-0.05, 0) is 69.0 Å². The van der Waals surface area contributed by atoms with Gasteiger partial charge in [0.1, 0.15) is 5.75 Å². The molecule has 1 saturated heterocycles. The van der Waals surface area contributed by atoms with Gasteiger partial charge in [-0.3, -0.25) is 4.79 Å². The highest BCUT2D eigenvalue weighted by Crippen LogP contribution is 2.30. The van der Waals surface area contributed by atoms with Crippen molar-refractivity contribution in [3.05, 3.63) is 59.7 Å². The first-order chi connectivity index (χ1) is 14.4. The Balaban J connectivity index is 1.58. The van der Waals surface area contributed by atoms with Crippen molar-refractivity contribution < 1.29 is 14.3 Å². The molecule has 1 aliphatic rings. The highest BCUT2D eigenvalue weighted by atomic mass is 16.5. The van der Waals surface area contributed by atoms with Crippen LogP contribution < -0.4 is 15.4 Å². The van der Waals surface area contributed by atoms with Crippen molar-refractivity contribution in [3.63, 3.8) is 0 Å². The van der Waals surface area contributed by atoms with Crippen LogP contribution in [0.3, 0.4) is 0 Å². The highest BCUT2D eigenvalue weighted by Gasteiger charge is 2.39. The second-order valence-corrected chi connectivity index (χ2v) is 8.08. The molecule has 6 nitrogen and oxygen atoms in total. The quantitative estimate of drug-likeness (QED) is 0.745. The molecule has 2 aromatic rings. The topological polar surface area (TPSA) is 70.7 Å². The van der Waals surface area contributed by atoms with Crippen LogP contribution in [0.15, 0.2) is 48.5 Å². The third-order valence-electron chi connectivity index (χ3n) is 5.65. The van der Waals surface area contributed by atoms with Crippen LogP contribution in [-0.2, 0) is 11.3 Å². The van der Waals surface area contributed by atoms with Crippen molar-refractivity contribution in [2.24, 2.45) is 5.41 Å². The van der Waals surface area contributed by atoms with E-state index in [2.05, 4.69) is 10.6 Å². The van der Waals surface area contributed by atoms with E-state index >= 15 is 0 Å². The van der Waals surface area contributed by atoms with Gasteiger partial charge in [-0.2, -0.15) is 0 Å². The van der Waals surface area contributed by atoms with Crippen molar-refractivity contribution in [3.8, 4) is 5.75 Å². The predicted molar refractivity (Wildman–Crippen MR) is 119 cm³/mol. The molecule has 2 aromatic carbocycles. The van der Waals surface area contributed by atoms with Gasteiger partial charge in [0.25, 0.3) is 0 Å². The first-order valence-corrected chi connectivity index (χ1v) is 10.5. The zero-order valence-electron chi connectivity index (χ0n) is 18.0. The van der Waals surface area contributed by atoms with Crippen LogP contribution >= 0.6 is 0 Å². The van der Waals surface area contributed by atoms with Gasteiger partial charge in [-0.15, -0.1) is 0 Å². The van der Waals surface area contributed by atoms with E-state index in [-0.39, 0.29) is 11.9 Å². The molecule has 0 saturated carbocycles. The van der Waals surface area contributed by atoms with E-state index in [4.69, 9.17) is 4.74 Å². The molecule has 1 heterocycles. The summed E-state index contributed by atoms with van der Waals surface area (Å²) in [4.78, 5) is 27.4. The van der Waals surface area contributed by atoms with Crippen molar-refractivity contribution >= 4 is 17.6 Å². The van der Waals surface area contributed by atoms with Crippen molar-refractivity contribution in [2.75, 3.05) is 25.0 Å². The summed E-state index contributed by atoms with van der Waals surface area (Å²) < 4.78 is 5.43. The predicted octanol–water partition coefficient (Wildman–Crippen LogP) is 4.34. The Hall–Kier alpha value is -3.02. The minimum Gasteiger partial charge on any atom is -0.494 e. The standard InChI is InChI=1S/C24H31N3O3/c1-4-30-21-12-10-20(11-13-21)26-23(29)27-15-7-14-24(3,17-27)22(28)25-16-19-9-6-5-8-18(19)2/h5-6,8-13H,4,7,14-17H2,1-3H3,(H,25,28)(H,26,29)/t24-/m0/s1. The van der Waals surface area contributed by atoms with Gasteiger partial charge in [0, 0.05) is 25.3 Å². The Morgan fingerprint density at radius 3 is 2.57 bits per heavy atom. The number of carbonyl (C=O) groups excluding carboxylic acids is 2. The summed E-state index contributed by atoms with van der Waals surface area (Å²) in [6, 6.07) is 15.1. The second kappa shape index (κ2) is 9.65. The zero-order valence-corrected chi connectivity index (χ0v) is 18.0. The minimum absolute atomic E-state index is 0.00989. The van der Waals surface area contributed by atoms with E-state index in [1.54, 1.807) is 4.90 Å². The number of rotatable bonds is 6. The summed E-state index contributed by atoms with van der Waals surface area (Å²) in [6.45, 7) is 8.05. The van der Waals surface area contributed by atoms with E-state index in [0.717, 1.165) is 29.7 Å². The van der Waals surface area contributed by atoms with E-state index in [1.165, 1.54) is 0 Å². The van der Waals surface area contributed by atoms with Gasteiger partial charge < -0.3 is 20.3 Å². The first kappa shape index (κ1) is 21.7. The average Bonchev–Trinajstić information content (AvgIpc) is 2.74. The highest BCUT2D eigenvalue weighted by molar-refractivity contribution is 5.90. The molecule has 2 N–H and O–H groups in total. The lowest BCUT2D eigenvalue weighted by molar-refractivity contribution is -0.132. The monoisotopic (exact) mass is 409 g/mol. The minimum atomic E-state index is -0.600. The van der Waals surface area contributed by atoms with Gasteiger partial charge in [0.05, 0.1) is 12.0 Å². The van der Waals surface area contributed by atoms with Crippen molar-refractivity contribution in [2.45, 2.75) is 40.2 Å². The molecule has 0 spiro atoms. The third-order valence-corrected chi connectivity index (χ3v) is 5.65. The van der Waals surface area contributed by atoms with E-state index in [1.807, 2.05) is 69.3 Å². The number of nitrogens with one attached hydrogen (secondary N) is 2. The lowest BCUT2D eigenvalue weighted by Crippen LogP contribution is -2.52. The summed E-state index contributed by atoms with van der Waals surface area (Å²) >= 11 is 0. The Bertz CT molecular complexity index is 882. The van der Waals surface area contributed by atoms with Gasteiger partial charge in [0.15, 0.2) is 0 Å². The van der Waals surface area contributed by atoms with Gasteiger partial charge in [-0.25, -0.2) is 4.79 Å². The van der Waals surface area contributed by atoms with Crippen LogP contribution in [0.5, 0.6) is 5.75 Å². The number of anilines is 1. The number of aryl methyl sites for hydroxylation is 1. The van der Waals surface area contributed by atoms with Gasteiger partial charge in [0.2, 0.25) is 5.91 Å². The smallest absolute Gasteiger partial charge is 0.321 e. The van der Waals surface area contributed by atoms with Crippen LogP contribution in [0.1, 0.15) is 37.8 Å². The molecule has 3 amide bonds. The van der Waals surface area contributed by atoms with Gasteiger partial charge >= 0.3 is 6.03 Å². The molecule has 1 fully saturated rings. The maximum Gasteiger partial charge on any atom is 0.321 e. The number of hydrogen-bond donors (Lipinski definition) is 2. The number of likely N-dealkylation sites (tertiary alicyclic amines) is 1. The number of hydrogen-bond acceptors (Lipinski definition) is 3. The van der Waals surface area contributed by atoms with E-state index in [0.29, 0.717) is 31.9 Å². The van der Waals surface area contributed by atoms with Crippen LogP contribution in [0.4, 0.5) is 10.5 Å². The van der Waals surface area contributed by atoms with Crippen LogP contribution in [-0.4, -0.2) is 36.5 Å². The Morgan fingerprint density at radius 1 is 1.13 bits per heavy atom. The van der Waals surface area contributed by atoms with Gasteiger partial charge in [-0.1, -0.05) is 24.3 Å². The number of urea groups is 1. The lowest BCUT2D eigenvalue weighted by Gasteiger charge is -2.39. The lowest BCUT2D eigenvalue weighted by atomic mass is 9.81. The molecule has 160 valence electrons. The maximum absolute atomic E-state index is 12.9. The molecule has 1 atom stereocenters.